The van der Waals surface area contributed by atoms with E-state index in [0.717, 1.165) is 81.7 Å². The maximum atomic E-state index is 13.1. The average Bonchev–Trinajstić information content (AvgIpc) is 3.65. The summed E-state index contributed by atoms with van der Waals surface area (Å²) in [5.41, 5.74) is 5.51. The summed E-state index contributed by atoms with van der Waals surface area (Å²) in [6.45, 7) is 5.70. The van der Waals surface area contributed by atoms with Crippen LogP contribution in [0, 0.1) is 11.8 Å². The summed E-state index contributed by atoms with van der Waals surface area (Å²) in [4.78, 5) is 44.7. The van der Waals surface area contributed by atoms with E-state index in [1.165, 1.54) is 0 Å². The SMILES string of the molecule is CC(C)(C)OC(=O)N1[C@@H](c2ncc(-c3ccc4cc(-c5cccc(-c6cnc([C@@H]7C[C@H]8C[C@H]8N7C(=O)O)[nH]6)c5)ccc4c3)[nH]2)C[C@@H]2C[C@@H]21. The quantitative estimate of drug-likeness (QED) is 0.177. The fourth-order valence-corrected chi connectivity index (χ4v) is 8.02. The standard InChI is InChI=1S/C38H38N6O4/c1-38(2,3)48-37(47)44-31-15-27(31)17-33(44)35-40-19-29(42-35)25-10-9-22-11-21(7-8-23(22)13-25)20-5-4-6-24(12-20)28-18-39-34(41-28)32-16-26-14-30(26)43(32)36(45)46/h4-13,18-19,26-27,30-33H,14-17H2,1-3H3,(H,39,41)(H,40,42)(H,45,46)/t26-,27+,30-,31+,32+,33-/m1/s1. The number of carbonyl (C=O) groups is 2. The molecule has 10 nitrogen and oxygen atoms in total. The number of hydrogen-bond donors (Lipinski definition) is 3. The second-order valence-electron chi connectivity index (χ2n) is 14.9. The number of carboxylic acid groups (broad SMARTS) is 1. The van der Waals surface area contributed by atoms with E-state index in [9.17, 15) is 14.7 Å². The molecule has 0 radical (unpaired) electrons. The normalized spacial score (nSPS) is 25.6. The molecule has 6 atom stereocenters. The van der Waals surface area contributed by atoms with E-state index in [2.05, 4.69) is 69.5 Å². The van der Waals surface area contributed by atoms with E-state index in [0.29, 0.717) is 11.8 Å². The van der Waals surface area contributed by atoms with Crippen LogP contribution in [-0.4, -0.2) is 64.7 Å². The Morgan fingerprint density at radius 3 is 1.88 bits per heavy atom. The molecule has 4 heterocycles. The molecule has 2 saturated carbocycles. The first-order valence-electron chi connectivity index (χ1n) is 16.9. The van der Waals surface area contributed by atoms with Crippen molar-refractivity contribution < 1.29 is 19.4 Å². The molecule has 0 spiro atoms. The highest BCUT2D eigenvalue weighted by Gasteiger charge is 2.57. The summed E-state index contributed by atoms with van der Waals surface area (Å²) >= 11 is 0. The van der Waals surface area contributed by atoms with Gasteiger partial charge in [0.15, 0.2) is 0 Å². The third-order valence-corrected chi connectivity index (χ3v) is 10.5. The van der Waals surface area contributed by atoms with Gasteiger partial charge in [-0.2, -0.15) is 0 Å². The number of nitrogens with zero attached hydrogens (tertiary/aromatic N) is 4. The highest BCUT2D eigenvalue weighted by molar-refractivity contribution is 5.91. The number of likely N-dealkylation sites (tertiary alicyclic amines) is 2. The molecule has 0 unspecified atom stereocenters. The maximum Gasteiger partial charge on any atom is 0.411 e. The molecular weight excluding hydrogens is 604 g/mol. The Labute approximate surface area is 278 Å². The van der Waals surface area contributed by atoms with Gasteiger partial charge in [-0.05, 0) is 98.4 Å². The lowest BCUT2D eigenvalue weighted by Crippen LogP contribution is -2.38. The van der Waals surface area contributed by atoms with Crippen LogP contribution >= 0.6 is 0 Å². The van der Waals surface area contributed by atoms with Crippen LogP contribution in [-0.2, 0) is 4.74 Å². The van der Waals surface area contributed by atoms with Crippen molar-refractivity contribution in [1.82, 2.24) is 29.7 Å². The zero-order valence-corrected chi connectivity index (χ0v) is 27.2. The Bertz CT molecular complexity index is 2090. The van der Waals surface area contributed by atoms with Crippen LogP contribution in [0.1, 0.15) is 70.2 Å². The van der Waals surface area contributed by atoms with Gasteiger partial charge in [0.25, 0.3) is 0 Å². The Morgan fingerprint density at radius 1 is 0.729 bits per heavy atom. The number of nitrogens with one attached hydrogen (secondary N) is 2. The first-order valence-corrected chi connectivity index (χ1v) is 16.9. The van der Waals surface area contributed by atoms with Crippen molar-refractivity contribution in [3.05, 3.63) is 84.7 Å². The number of imidazole rings is 2. The van der Waals surface area contributed by atoms with Gasteiger partial charge in [-0.15, -0.1) is 0 Å². The summed E-state index contributed by atoms with van der Waals surface area (Å²) in [6.07, 6.45) is 6.29. The summed E-state index contributed by atoms with van der Waals surface area (Å²) in [6, 6.07) is 21.3. The number of hydrogen-bond acceptors (Lipinski definition) is 5. The molecule has 2 saturated heterocycles. The van der Waals surface area contributed by atoms with Gasteiger partial charge in [0, 0.05) is 23.2 Å². The number of H-pyrrole nitrogens is 2. The highest BCUT2D eigenvalue weighted by Crippen LogP contribution is 2.54. The topological polar surface area (TPSA) is 127 Å². The molecule has 2 aromatic heterocycles. The Morgan fingerprint density at radius 2 is 1.25 bits per heavy atom. The molecule has 2 aliphatic carbocycles. The Hall–Kier alpha value is -5.12. The minimum atomic E-state index is -0.866. The Balaban J connectivity index is 0.936. The van der Waals surface area contributed by atoms with Gasteiger partial charge in [-0.3, -0.25) is 9.80 Å². The first-order chi connectivity index (χ1) is 23.1. The summed E-state index contributed by atoms with van der Waals surface area (Å²) in [7, 11) is 0. The van der Waals surface area contributed by atoms with Gasteiger partial charge in [0.05, 0.1) is 35.9 Å². The molecule has 10 heteroatoms. The molecule has 2 amide bonds. The van der Waals surface area contributed by atoms with Crippen LogP contribution < -0.4 is 0 Å². The van der Waals surface area contributed by atoms with Crippen molar-refractivity contribution >= 4 is 23.0 Å². The molecule has 3 aromatic carbocycles. The van der Waals surface area contributed by atoms with Crippen LogP contribution in [0.4, 0.5) is 9.59 Å². The lowest BCUT2D eigenvalue weighted by atomic mass is 9.98. The van der Waals surface area contributed by atoms with Crippen molar-refractivity contribution in [3.63, 3.8) is 0 Å². The molecule has 0 bridgehead atoms. The second-order valence-corrected chi connectivity index (χ2v) is 14.9. The van der Waals surface area contributed by atoms with E-state index in [-0.39, 0.29) is 30.3 Å². The Kier molecular flexibility index (Phi) is 6.32. The summed E-state index contributed by atoms with van der Waals surface area (Å²) in [5.74, 6) is 2.51. The third-order valence-electron chi connectivity index (χ3n) is 10.5. The van der Waals surface area contributed by atoms with Gasteiger partial charge in [0.2, 0.25) is 0 Å². The molecule has 3 N–H and O–H groups in total. The van der Waals surface area contributed by atoms with Crippen molar-refractivity contribution in [2.75, 3.05) is 0 Å². The van der Waals surface area contributed by atoms with E-state index < -0.39 is 11.7 Å². The molecule has 4 fully saturated rings. The molecule has 48 heavy (non-hydrogen) atoms. The molecule has 244 valence electrons. The number of benzene rings is 3. The fourth-order valence-electron chi connectivity index (χ4n) is 8.02. The highest BCUT2D eigenvalue weighted by atomic mass is 16.6. The zero-order chi connectivity index (χ0) is 32.9. The minimum Gasteiger partial charge on any atom is -0.465 e. The van der Waals surface area contributed by atoms with Crippen LogP contribution in [0.3, 0.4) is 0 Å². The number of rotatable bonds is 5. The number of fused-ring (bicyclic) bond motifs is 3. The van der Waals surface area contributed by atoms with Crippen molar-refractivity contribution in [2.45, 2.75) is 76.2 Å². The second kappa shape index (κ2) is 10.4. The van der Waals surface area contributed by atoms with E-state index in [4.69, 9.17) is 9.72 Å². The lowest BCUT2D eigenvalue weighted by Gasteiger charge is -2.29. The molecular formula is C38H38N6O4. The van der Waals surface area contributed by atoms with Crippen LogP contribution in [0.15, 0.2) is 73.1 Å². The number of ether oxygens (including phenoxy) is 1. The zero-order valence-electron chi connectivity index (χ0n) is 27.2. The predicted molar refractivity (Wildman–Crippen MR) is 181 cm³/mol. The number of amides is 2. The van der Waals surface area contributed by atoms with Gasteiger partial charge in [-0.25, -0.2) is 19.6 Å². The monoisotopic (exact) mass is 642 g/mol. The number of aromatic nitrogens is 4. The summed E-state index contributed by atoms with van der Waals surface area (Å²) in [5, 5.41) is 12.0. The van der Waals surface area contributed by atoms with E-state index >= 15 is 0 Å². The van der Waals surface area contributed by atoms with Gasteiger partial charge >= 0.3 is 12.2 Å². The van der Waals surface area contributed by atoms with Gasteiger partial charge in [0.1, 0.15) is 17.2 Å². The maximum absolute atomic E-state index is 13.1. The van der Waals surface area contributed by atoms with E-state index in [1.807, 2.05) is 44.1 Å². The third kappa shape index (κ3) is 5.01. The smallest absolute Gasteiger partial charge is 0.411 e. The van der Waals surface area contributed by atoms with Crippen LogP contribution in [0.2, 0.25) is 0 Å². The van der Waals surface area contributed by atoms with Crippen LogP contribution in [0.25, 0.3) is 44.4 Å². The molecule has 9 rings (SSSR count). The molecule has 5 aromatic rings. The van der Waals surface area contributed by atoms with Crippen molar-refractivity contribution in [2.24, 2.45) is 11.8 Å². The first kappa shape index (κ1) is 29.1. The number of carbonyl (C=O) groups excluding carboxylic acids is 1. The largest absolute Gasteiger partial charge is 0.465 e. The fraction of sp³-hybridized carbons (Fsp3) is 0.368. The average molecular weight is 643 g/mol. The molecule has 4 aliphatic rings. The summed E-state index contributed by atoms with van der Waals surface area (Å²) < 4.78 is 5.74. The van der Waals surface area contributed by atoms with Crippen LogP contribution in [0.5, 0.6) is 0 Å². The van der Waals surface area contributed by atoms with Gasteiger partial charge in [-0.1, -0.05) is 42.5 Å². The van der Waals surface area contributed by atoms with Crippen molar-refractivity contribution in [1.29, 1.82) is 0 Å². The number of piperidine rings is 2. The predicted octanol–water partition coefficient (Wildman–Crippen LogP) is 8.17. The van der Waals surface area contributed by atoms with Gasteiger partial charge < -0.3 is 19.8 Å². The van der Waals surface area contributed by atoms with Crippen molar-refractivity contribution in [3.8, 4) is 33.6 Å². The molecule has 2 aliphatic heterocycles. The number of aromatic amines is 2. The van der Waals surface area contributed by atoms with E-state index in [1.54, 1.807) is 4.90 Å². The lowest BCUT2D eigenvalue weighted by molar-refractivity contribution is 0.0175. The minimum absolute atomic E-state index is 0.0998.